The monoisotopic (exact) mass is 227 g/mol. The molecule has 2 rings (SSSR count). The minimum Gasteiger partial charge on any atom is -0.346 e. The lowest BCUT2D eigenvalue weighted by Gasteiger charge is -2.38. The van der Waals surface area contributed by atoms with Crippen molar-refractivity contribution < 1.29 is 9.47 Å². The predicted octanol–water partition coefficient (Wildman–Crippen LogP) is 2.41. The van der Waals surface area contributed by atoms with Crippen molar-refractivity contribution in [2.24, 2.45) is 0 Å². The van der Waals surface area contributed by atoms with Gasteiger partial charge in [0.15, 0.2) is 5.79 Å². The number of hydrogen-bond donors (Lipinski definition) is 0. The van der Waals surface area contributed by atoms with E-state index in [1.165, 1.54) is 45.2 Å². The zero-order chi connectivity index (χ0) is 11.3. The lowest BCUT2D eigenvalue weighted by Crippen LogP contribution is -2.49. The maximum atomic E-state index is 5.78. The molecule has 0 unspecified atom stereocenters. The number of hydrogen-bond acceptors (Lipinski definition) is 3. The normalized spacial score (nSPS) is 25.3. The molecule has 0 bridgehead atoms. The van der Waals surface area contributed by atoms with Crippen molar-refractivity contribution in [1.82, 2.24) is 4.90 Å². The Morgan fingerprint density at radius 1 is 1.12 bits per heavy atom. The van der Waals surface area contributed by atoms with Gasteiger partial charge in [0, 0.05) is 6.42 Å². The van der Waals surface area contributed by atoms with E-state index in [9.17, 15) is 0 Å². The summed E-state index contributed by atoms with van der Waals surface area (Å²) >= 11 is 0. The first-order valence-electron chi connectivity index (χ1n) is 6.85. The summed E-state index contributed by atoms with van der Waals surface area (Å²) in [7, 11) is 0. The molecule has 3 nitrogen and oxygen atoms in total. The van der Waals surface area contributed by atoms with Crippen molar-refractivity contribution in [2.45, 2.75) is 51.2 Å². The largest absolute Gasteiger partial charge is 0.346 e. The van der Waals surface area contributed by atoms with Crippen LogP contribution in [-0.4, -0.2) is 43.5 Å². The van der Waals surface area contributed by atoms with E-state index in [0.29, 0.717) is 0 Å². The van der Waals surface area contributed by atoms with Crippen LogP contribution in [0, 0.1) is 0 Å². The maximum Gasteiger partial charge on any atom is 0.181 e. The van der Waals surface area contributed by atoms with Gasteiger partial charge in [0.1, 0.15) is 0 Å². The maximum absolute atomic E-state index is 5.78. The second-order valence-corrected chi connectivity index (χ2v) is 5.05. The quantitative estimate of drug-likeness (QED) is 0.673. The fraction of sp³-hybridized carbons (Fsp3) is 1.00. The van der Waals surface area contributed by atoms with Gasteiger partial charge in [-0.3, -0.25) is 4.90 Å². The SMILES string of the molecule is CCCCCCN1CCCC2(C1)OCCO2. The van der Waals surface area contributed by atoms with Crippen molar-refractivity contribution in [2.75, 3.05) is 32.8 Å². The van der Waals surface area contributed by atoms with Crippen molar-refractivity contribution in [3.8, 4) is 0 Å². The van der Waals surface area contributed by atoms with E-state index in [1.807, 2.05) is 0 Å². The lowest BCUT2D eigenvalue weighted by atomic mass is 10.0. The van der Waals surface area contributed by atoms with Crippen LogP contribution in [0.4, 0.5) is 0 Å². The third-order valence-corrected chi connectivity index (χ3v) is 3.64. The minimum atomic E-state index is -0.233. The van der Waals surface area contributed by atoms with Crippen molar-refractivity contribution in [3.05, 3.63) is 0 Å². The van der Waals surface area contributed by atoms with Crippen LogP contribution < -0.4 is 0 Å². The molecule has 0 saturated carbocycles. The number of ether oxygens (including phenoxy) is 2. The van der Waals surface area contributed by atoms with Crippen LogP contribution in [0.3, 0.4) is 0 Å². The average Bonchev–Trinajstić information content (AvgIpc) is 2.73. The Labute approximate surface area is 99.1 Å². The standard InChI is InChI=1S/C13H25NO2/c1-2-3-4-5-8-14-9-6-7-13(12-14)15-10-11-16-13/h2-12H2,1H3. The fourth-order valence-corrected chi connectivity index (χ4v) is 2.76. The van der Waals surface area contributed by atoms with Crippen LogP contribution in [0.15, 0.2) is 0 Å². The van der Waals surface area contributed by atoms with E-state index >= 15 is 0 Å². The highest BCUT2D eigenvalue weighted by molar-refractivity contribution is 4.83. The number of unbranched alkanes of at least 4 members (excludes halogenated alkanes) is 3. The van der Waals surface area contributed by atoms with Gasteiger partial charge in [0.25, 0.3) is 0 Å². The molecule has 0 radical (unpaired) electrons. The molecule has 1 spiro atoms. The molecule has 0 amide bonds. The first-order valence-corrected chi connectivity index (χ1v) is 6.85. The Kier molecular flexibility index (Phi) is 4.62. The van der Waals surface area contributed by atoms with Gasteiger partial charge in [-0.1, -0.05) is 26.2 Å². The van der Waals surface area contributed by atoms with Crippen LogP contribution in [0.1, 0.15) is 45.4 Å². The number of piperidine rings is 1. The smallest absolute Gasteiger partial charge is 0.181 e. The molecule has 94 valence electrons. The summed E-state index contributed by atoms with van der Waals surface area (Å²) in [6.07, 6.45) is 7.67. The zero-order valence-electron chi connectivity index (χ0n) is 10.5. The van der Waals surface area contributed by atoms with E-state index < -0.39 is 0 Å². The molecular weight excluding hydrogens is 202 g/mol. The number of rotatable bonds is 5. The summed E-state index contributed by atoms with van der Waals surface area (Å²) in [6, 6.07) is 0. The van der Waals surface area contributed by atoms with Crippen LogP contribution in [0.5, 0.6) is 0 Å². The first-order chi connectivity index (χ1) is 7.85. The second-order valence-electron chi connectivity index (χ2n) is 5.05. The molecule has 0 aromatic rings. The minimum absolute atomic E-state index is 0.233. The molecule has 0 aliphatic carbocycles. The van der Waals surface area contributed by atoms with Crippen LogP contribution >= 0.6 is 0 Å². The van der Waals surface area contributed by atoms with E-state index in [1.54, 1.807) is 0 Å². The summed E-state index contributed by atoms with van der Waals surface area (Å²) in [5, 5.41) is 0. The Morgan fingerprint density at radius 2 is 1.94 bits per heavy atom. The first kappa shape index (κ1) is 12.3. The molecule has 2 saturated heterocycles. The summed E-state index contributed by atoms with van der Waals surface area (Å²) < 4.78 is 11.6. The Hall–Kier alpha value is -0.120. The molecule has 16 heavy (non-hydrogen) atoms. The Morgan fingerprint density at radius 3 is 2.69 bits per heavy atom. The lowest BCUT2D eigenvalue weighted by molar-refractivity contribution is -0.189. The predicted molar refractivity (Wildman–Crippen MR) is 64.5 cm³/mol. The highest BCUT2D eigenvalue weighted by Gasteiger charge is 2.40. The van der Waals surface area contributed by atoms with Gasteiger partial charge in [-0.2, -0.15) is 0 Å². The Balaban J connectivity index is 1.70. The summed E-state index contributed by atoms with van der Waals surface area (Å²) in [5.74, 6) is -0.233. The summed E-state index contributed by atoms with van der Waals surface area (Å²) in [4.78, 5) is 2.52. The van der Waals surface area contributed by atoms with E-state index in [-0.39, 0.29) is 5.79 Å². The number of likely N-dealkylation sites (tertiary alicyclic amines) is 1. The summed E-state index contributed by atoms with van der Waals surface area (Å²) in [6.45, 7) is 7.25. The fourth-order valence-electron chi connectivity index (χ4n) is 2.76. The van der Waals surface area contributed by atoms with E-state index in [0.717, 1.165) is 26.2 Å². The van der Waals surface area contributed by atoms with E-state index in [4.69, 9.17) is 9.47 Å². The van der Waals surface area contributed by atoms with Crippen molar-refractivity contribution >= 4 is 0 Å². The molecule has 2 fully saturated rings. The third kappa shape index (κ3) is 3.19. The third-order valence-electron chi connectivity index (χ3n) is 3.64. The van der Waals surface area contributed by atoms with Gasteiger partial charge in [-0.05, 0) is 25.9 Å². The molecule has 0 N–H and O–H groups in total. The van der Waals surface area contributed by atoms with Gasteiger partial charge in [0.05, 0.1) is 19.8 Å². The molecule has 0 aromatic heterocycles. The molecule has 3 heteroatoms. The Bertz CT molecular complexity index is 202. The van der Waals surface area contributed by atoms with Gasteiger partial charge < -0.3 is 9.47 Å². The summed E-state index contributed by atoms with van der Waals surface area (Å²) in [5.41, 5.74) is 0. The second kappa shape index (κ2) is 5.99. The average molecular weight is 227 g/mol. The van der Waals surface area contributed by atoms with Crippen molar-refractivity contribution in [1.29, 1.82) is 0 Å². The number of nitrogens with zero attached hydrogens (tertiary/aromatic N) is 1. The molecule has 0 aromatic carbocycles. The van der Waals surface area contributed by atoms with Crippen LogP contribution in [-0.2, 0) is 9.47 Å². The van der Waals surface area contributed by atoms with Crippen molar-refractivity contribution in [3.63, 3.8) is 0 Å². The van der Waals surface area contributed by atoms with Crippen LogP contribution in [0.25, 0.3) is 0 Å². The molecule has 2 aliphatic rings. The van der Waals surface area contributed by atoms with Gasteiger partial charge in [0.2, 0.25) is 0 Å². The van der Waals surface area contributed by atoms with E-state index in [2.05, 4.69) is 11.8 Å². The van der Waals surface area contributed by atoms with Gasteiger partial charge >= 0.3 is 0 Å². The highest BCUT2D eigenvalue weighted by atomic mass is 16.7. The topological polar surface area (TPSA) is 21.7 Å². The molecule has 2 heterocycles. The highest BCUT2D eigenvalue weighted by Crippen LogP contribution is 2.30. The molecular formula is C13H25NO2. The van der Waals surface area contributed by atoms with Gasteiger partial charge in [-0.15, -0.1) is 0 Å². The zero-order valence-corrected chi connectivity index (χ0v) is 10.5. The van der Waals surface area contributed by atoms with Gasteiger partial charge in [-0.25, -0.2) is 0 Å². The molecule has 0 atom stereocenters. The van der Waals surface area contributed by atoms with Crippen LogP contribution in [0.2, 0.25) is 0 Å². The molecule has 2 aliphatic heterocycles.